The first kappa shape index (κ1) is 24.1. The first-order chi connectivity index (χ1) is 16.8. The number of piperazine rings is 1. The molecule has 4 rings (SSSR count). The van der Waals surface area contributed by atoms with Gasteiger partial charge < -0.3 is 25.3 Å². The lowest BCUT2D eigenvalue weighted by Crippen LogP contribution is -2.63. The summed E-state index contributed by atoms with van der Waals surface area (Å²) >= 11 is 0. The molecule has 35 heavy (non-hydrogen) atoms. The van der Waals surface area contributed by atoms with Gasteiger partial charge in [-0.25, -0.2) is 9.97 Å². The molecule has 2 fully saturated rings. The topological polar surface area (TPSA) is 128 Å². The van der Waals surface area contributed by atoms with E-state index in [0.717, 1.165) is 12.1 Å². The number of hydrogen-bond acceptors (Lipinski definition) is 7. The molecule has 0 aliphatic carbocycles. The lowest BCUT2D eigenvalue weighted by atomic mass is 10.0. The molecule has 2 atom stereocenters. The summed E-state index contributed by atoms with van der Waals surface area (Å²) in [6, 6.07) is 5.50. The Morgan fingerprint density at radius 2 is 1.74 bits per heavy atom. The largest absolute Gasteiger partial charge is 0.378 e. The van der Waals surface area contributed by atoms with Crippen molar-refractivity contribution >= 4 is 29.3 Å². The molecule has 184 valence electrons. The quantitative estimate of drug-likeness (QED) is 0.613. The average Bonchev–Trinajstić information content (AvgIpc) is 2.89. The van der Waals surface area contributed by atoms with Crippen LogP contribution in [0.4, 0.5) is 5.69 Å². The number of benzene rings is 1. The van der Waals surface area contributed by atoms with E-state index < -0.39 is 18.0 Å². The average molecular weight is 480 g/mol. The maximum absolute atomic E-state index is 13.4. The zero-order valence-electron chi connectivity index (χ0n) is 19.8. The van der Waals surface area contributed by atoms with Gasteiger partial charge in [-0.1, -0.05) is 0 Å². The van der Waals surface area contributed by atoms with Gasteiger partial charge in [0.25, 0.3) is 11.8 Å². The van der Waals surface area contributed by atoms with E-state index in [0.29, 0.717) is 24.1 Å². The molecule has 0 saturated carbocycles. The minimum atomic E-state index is -0.951. The Bertz CT molecular complexity index is 1090. The van der Waals surface area contributed by atoms with Gasteiger partial charge in [-0.15, -0.1) is 0 Å². The molecule has 2 saturated heterocycles. The second-order valence-corrected chi connectivity index (χ2v) is 8.83. The fraction of sp³-hybridized carbons (Fsp3) is 0.417. The van der Waals surface area contributed by atoms with Crippen molar-refractivity contribution in [3.05, 3.63) is 54.1 Å². The van der Waals surface area contributed by atoms with E-state index in [1.807, 2.05) is 31.1 Å². The van der Waals surface area contributed by atoms with Gasteiger partial charge in [0.15, 0.2) is 0 Å². The number of rotatable bonds is 5. The molecule has 0 bridgehead atoms. The predicted molar refractivity (Wildman–Crippen MR) is 128 cm³/mol. The molecule has 2 aliphatic rings. The molecule has 0 radical (unpaired) electrons. The standard InChI is InChI=1S/C24H29N7O4/c1-29(2)18-7-5-16(6-8-18)24(35)31-11-10-30(23(34)17-12-25-15-26-13-17)14-20(31)22(33)28-19-4-3-9-27-21(19)32/h5-8,12-13,15,19-20H,3-4,9-11,14H2,1-2H3,(H,27,32)(H,28,33). The van der Waals surface area contributed by atoms with Gasteiger partial charge in [0, 0.05) is 57.4 Å². The number of hydrogen-bond donors (Lipinski definition) is 2. The molecular weight excluding hydrogens is 450 g/mol. The number of carbonyl (C=O) groups is 4. The highest BCUT2D eigenvalue weighted by molar-refractivity contribution is 6.00. The number of anilines is 1. The van der Waals surface area contributed by atoms with Crippen LogP contribution in [0.25, 0.3) is 0 Å². The van der Waals surface area contributed by atoms with E-state index in [2.05, 4.69) is 20.6 Å². The van der Waals surface area contributed by atoms with Gasteiger partial charge in [-0.2, -0.15) is 0 Å². The predicted octanol–water partition coefficient (Wildman–Crippen LogP) is -0.0958. The summed E-state index contributed by atoms with van der Waals surface area (Å²) in [7, 11) is 3.82. The molecule has 4 amide bonds. The van der Waals surface area contributed by atoms with Crippen LogP contribution in [0.5, 0.6) is 0 Å². The first-order valence-corrected chi connectivity index (χ1v) is 11.6. The maximum Gasteiger partial charge on any atom is 0.257 e. The van der Waals surface area contributed by atoms with Crippen molar-refractivity contribution in [1.82, 2.24) is 30.4 Å². The van der Waals surface area contributed by atoms with E-state index in [1.54, 1.807) is 12.1 Å². The molecule has 1 aromatic carbocycles. The van der Waals surface area contributed by atoms with E-state index >= 15 is 0 Å². The van der Waals surface area contributed by atoms with E-state index in [9.17, 15) is 19.2 Å². The fourth-order valence-corrected chi connectivity index (χ4v) is 4.27. The summed E-state index contributed by atoms with van der Waals surface area (Å²) in [5, 5.41) is 5.53. The molecular formula is C24H29N7O4. The van der Waals surface area contributed by atoms with Crippen molar-refractivity contribution < 1.29 is 19.2 Å². The summed E-state index contributed by atoms with van der Waals surface area (Å²) in [4.78, 5) is 64.7. The molecule has 0 spiro atoms. The number of piperidine rings is 1. The molecule has 2 unspecified atom stereocenters. The Kier molecular flexibility index (Phi) is 7.23. The molecule has 2 aromatic rings. The Labute approximate surface area is 203 Å². The van der Waals surface area contributed by atoms with Crippen LogP contribution in [-0.2, 0) is 9.59 Å². The molecule has 1 aromatic heterocycles. The maximum atomic E-state index is 13.4. The first-order valence-electron chi connectivity index (χ1n) is 11.6. The molecule has 2 aliphatic heterocycles. The number of amides is 4. The second-order valence-electron chi connectivity index (χ2n) is 8.83. The van der Waals surface area contributed by atoms with Crippen LogP contribution < -0.4 is 15.5 Å². The summed E-state index contributed by atoms with van der Waals surface area (Å²) in [5.41, 5.74) is 1.69. The minimum Gasteiger partial charge on any atom is -0.378 e. The van der Waals surface area contributed by atoms with Gasteiger partial charge in [0.2, 0.25) is 11.8 Å². The lowest BCUT2D eigenvalue weighted by molar-refractivity contribution is -0.133. The minimum absolute atomic E-state index is 0.00454. The van der Waals surface area contributed by atoms with Crippen LogP contribution in [0.2, 0.25) is 0 Å². The van der Waals surface area contributed by atoms with Crippen LogP contribution in [-0.4, -0.2) is 95.8 Å². The SMILES string of the molecule is CN(C)c1ccc(C(=O)N2CCN(C(=O)c3cncnc3)CC2C(=O)NC2CCCNC2=O)cc1. The second kappa shape index (κ2) is 10.5. The number of aromatic nitrogens is 2. The zero-order chi connectivity index (χ0) is 24.9. The van der Waals surface area contributed by atoms with Crippen LogP contribution >= 0.6 is 0 Å². The smallest absolute Gasteiger partial charge is 0.257 e. The van der Waals surface area contributed by atoms with Crippen molar-refractivity contribution in [2.75, 3.05) is 45.2 Å². The normalized spacial score (nSPS) is 20.1. The Morgan fingerprint density at radius 3 is 2.40 bits per heavy atom. The highest BCUT2D eigenvalue weighted by Crippen LogP contribution is 2.19. The lowest BCUT2D eigenvalue weighted by Gasteiger charge is -2.41. The third-order valence-electron chi connectivity index (χ3n) is 6.27. The molecule has 11 heteroatoms. The fourth-order valence-electron chi connectivity index (χ4n) is 4.27. The van der Waals surface area contributed by atoms with Gasteiger partial charge in [-0.3, -0.25) is 19.2 Å². The monoisotopic (exact) mass is 479 g/mol. The van der Waals surface area contributed by atoms with Gasteiger partial charge in [0.1, 0.15) is 18.4 Å². The number of nitrogens with zero attached hydrogens (tertiary/aromatic N) is 5. The number of nitrogens with one attached hydrogen (secondary N) is 2. The summed E-state index contributed by atoms with van der Waals surface area (Å²) in [6.07, 6.45) is 5.44. The van der Waals surface area contributed by atoms with E-state index in [-0.39, 0.29) is 37.4 Å². The van der Waals surface area contributed by atoms with Crippen molar-refractivity contribution in [2.24, 2.45) is 0 Å². The third-order valence-corrected chi connectivity index (χ3v) is 6.27. The summed E-state index contributed by atoms with van der Waals surface area (Å²) in [6.45, 7) is 0.991. The van der Waals surface area contributed by atoms with Crippen LogP contribution in [0.15, 0.2) is 43.0 Å². The van der Waals surface area contributed by atoms with Gasteiger partial charge >= 0.3 is 0 Å². The Hall–Kier alpha value is -4.02. The van der Waals surface area contributed by atoms with Gasteiger partial charge in [-0.05, 0) is 37.1 Å². The highest BCUT2D eigenvalue weighted by Gasteiger charge is 2.39. The van der Waals surface area contributed by atoms with E-state index in [1.165, 1.54) is 28.5 Å². The molecule has 2 N–H and O–H groups in total. The summed E-state index contributed by atoms with van der Waals surface area (Å²) in [5.74, 6) is -1.33. The Balaban J connectivity index is 1.56. The van der Waals surface area contributed by atoms with Gasteiger partial charge in [0.05, 0.1) is 12.1 Å². The van der Waals surface area contributed by atoms with Crippen molar-refractivity contribution in [2.45, 2.75) is 24.9 Å². The molecule has 11 nitrogen and oxygen atoms in total. The van der Waals surface area contributed by atoms with Crippen molar-refractivity contribution in [3.8, 4) is 0 Å². The zero-order valence-corrected chi connectivity index (χ0v) is 19.8. The van der Waals surface area contributed by atoms with Crippen LogP contribution in [0.3, 0.4) is 0 Å². The molecule has 3 heterocycles. The third kappa shape index (κ3) is 5.39. The van der Waals surface area contributed by atoms with Crippen molar-refractivity contribution in [3.63, 3.8) is 0 Å². The summed E-state index contributed by atoms with van der Waals surface area (Å²) < 4.78 is 0. The van der Waals surface area contributed by atoms with E-state index in [4.69, 9.17) is 0 Å². The van der Waals surface area contributed by atoms with Crippen molar-refractivity contribution in [1.29, 1.82) is 0 Å². The van der Waals surface area contributed by atoms with Crippen LogP contribution in [0, 0.1) is 0 Å². The number of carbonyl (C=O) groups excluding carboxylic acids is 4. The Morgan fingerprint density at radius 1 is 1.03 bits per heavy atom. The van der Waals surface area contributed by atoms with Crippen LogP contribution in [0.1, 0.15) is 33.6 Å². The highest BCUT2D eigenvalue weighted by atomic mass is 16.2.